The molecule has 0 aromatic heterocycles. The standard InChI is InChI=1S/C10H12O2/c1-2-3-4-8-12-10(11)9-6-5-7-9/h1,3-4,9H,5-8H2. The topological polar surface area (TPSA) is 26.3 Å². The van der Waals surface area contributed by atoms with Crippen LogP contribution < -0.4 is 0 Å². The molecule has 0 atom stereocenters. The summed E-state index contributed by atoms with van der Waals surface area (Å²) in [5, 5.41) is 0. The molecular weight excluding hydrogens is 152 g/mol. The van der Waals surface area contributed by atoms with Crippen molar-refractivity contribution in [2.45, 2.75) is 19.3 Å². The van der Waals surface area contributed by atoms with Gasteiger partial charge in [-0.25, -0.2) is 0 Å². The summed E-state index contributed by atoms with van der Waals surface area (Å²) >= 11 is 0. The lowest BCUT2D eigenvalue weighted by molar-refractivity contribution is -0.150. The first-order chi connectivity index (χ1) is 5.84. The van der Waals surface area contributed by atoms with Crippen LogP contribution in [0.5, 0.6) is 0 Å². The molecule has 0 unspecified atom stereocenters. The summed E-state index contributed by atoms with van der Waals surface area (Å²) in [6, 6.07) is 0. The van der Waals surface area contributed by atoms with Crippen LogP contribution in [0.4, 0.5) is 0 Å². The lowest BCUT2D eigenvalue weighted by atomic mass is 9.86. The summed E-state index contributed by atoms with van der Waals surface area (Å²) in [5.41, 5.74) is 0. The van der Waals surface area contributed by atoms with E-state index in [9.17, 15) is 4.79 Å². The monoisotopic (exact) mass is 164 g/mol. The summed E-state index contributed by atoms with van der Waals surface area (Å²) in [4.78, 5) is 11.1. The zero-order chi connectivity index (χ0) is 8.81. The number of esters is 1. The molecule has 0 aromatic rings. The molecule has 0 spiro atoms. The number of allylic oxidation sites excluding steroid dienone is 1. The molecule has 0 amide bonds. The van der Waals surface area contributed by atoms with E-state index >= 15 is 0 Å². The molecule has 1 aliphatic rings. The predicted octanol–water partition coefficient (Wildman–Crippen LogP) is 1.52. The van der Waals surface area contributed by atoms with Crippen LogP contribution in [-0.4, -0.2) is 12.6 Å². The minimum Gasteiger partial charge on any atom is -0.461 e. The maximum Gasteiger partial charge on any atom is 0.309 e. The second-order valence-electron chi connectivity index (χ2n) is 2.83. The van der Waals surface area contributed by atoms with Gasteiger partial charge in [-0.3, -0.25) is 4.79 Å². The molecule has 0 bridgehead atoms. The smallest absolute Gasteiger partial charge is 0.309 e. The van der Waals surface area contributed by atoms with Crippen LogP contribution in [0.2, 0.25) is 0 Å². The van der Waals surface area contributed by atoms with E-state index in [1.54, 1.807) is 6.08 Å². The van der Waals surface area contributed by atoms with Crippen LogP contribution in [-0.2, 0) is 9.53 Å². The molecule has 2 nitrogen and oxygen atoms in total. The van der Waals surface area contributed by atoms with Crippen LogP contribution in [0.15, 0.2) is 12.2 Å². The Hall–Kier alpha value is -1.23. The molecular formula is C10H12O2. The quantitative estimate of drug-likeness (QED) is 0.467. The molecule has 1 saturated carbocycles. The second-order valence-corrected chi connectivity index (χ2v) is 2.83. The fourth-order valence-corrected chi connectivity index (χ4v) is 1.01. The highest BCUT2D eigenvalue weighted by molar-refractivity contribution is 5.73. The van der Waals surface area contributed by atoms with E-state index in [-0.39, 0.29) is 11.9 Å². The maximum absolute atomic E-state index is 11.1. The van der Waals surface area contributed by atoms with Gasteiger partial charge in [0, 0.05) is 0 Å². The van der Waals surface area contributed by atoms with E-state index in [0.29, 0.717) is 6.61 Å². The fraction of sp³-hybridized carbons (Fsp3) is 0.500. The van der Waals surface area contributed by atoms with Gasteiger partial charge >= 0.3 is 5.97 Å². The SMILES string of the molecule is C#CC=CCOC(=O)C1CCC1. The van der Waals surface area contributed by atoms with E-state index in [4.69, 9.17) is 11.2 Å². The van der Waals surface area contributed by atoms with Crippen LogP contribution in [0.3, 0.4) is 0 Å². The molecule has 12 heavy (non-hydrogen) atoms. The minimum absolute atomic E-state index is 0.0806. The Morgan fingerprint density at radius 3 is 2.92 bits per heavy atom. The average Bonchev–Trinajstić information content (AvgIpc) is 1.95. The predicted molar refractivity (Wildman–Crippen MR) is 46.3 cm³/mol. The summed E-state index contributed by atoms with van der Waals surface area (Å²) < 4.78 is 4.93. The zero-order valence-corrected chi connectivity index (χ0v) is 6.95. The van der Waals surface area contributed by atoms with Gasteiger partial charge in [-0.15, -0.1) is 6.42 Å². The largest absolute Gasteiger partial charge is 0.461 e. The highest BCUT2D eigenvalue weighted by atomic mass is 16.5. The third-order valence-electron chi connectivity index (χ3n) is 1.97. The molecule has 1 aliphatic carbocycles. The van der Waals surface area contributed by atoms with E-state index in [2.05, 4.69) is 5.92 Å². The van der Waals surface area contributed by atoms with Crippen molar-refractivity contribution in [1.82, 2.24) is 0 Å². The maximum atomic E-state index is 11.1. The minimum atomic E-state index is -0.0806. The number of hydrogen-bond donors (Lipinski definition) is 0. The third-order valence-corrected chi connectivity index (χ3v) is 1.97. The van der Waals surface area contributed by atoms with Gasteiger partial charge < -0.3 is 4.74 Å². The Kier molecular flexibility index (Phi) is 3.40. The van der Waals surface area contributed by atoms with E-state index in [0.717, 1.165) is 19.3 Å². The van der Waals surface area contributed by atoms with Crippen LogP contribution >= 0.6 is 0 Å². The lowest BCUT2D eigenvalue weighted by Gasteiger charge is -2.22. The molecule has 0 heterocycles. The van der Waals surface area contributed by atoms with Crippen molar-refractivity contribution in [2.75, 3.05) is 6.61 Å². The van der Waals surface area contributed by atoms with Crippen molar-refractivity contribution < 1.29 is 9.53 Å². The first-order valence-corrected chi connectivity index (χ1v) is 4.12. The van der Waals surface area contributed by atoms with Gasteiger partial charge in [0.1, 0.15) is 6.61 Å². The highest BCUT2D eigenvalue weighted by Crippen LogP contribution is 2.27. The number of carbonyl (C=O) groups excluding carboxylic acids is 1. The number of rotatable bonds is 3. The molecule has 1 fully saturated rings. The fourth-order valence-electron chi connectivity index (χ4n) is 1.01. The Morgan fingerprint density at radius 2 is 2.42 bits per heavy atom. The van der Waals surface area contributed by atoms with Crippen LogP contribution in [0.1, 0.15) is 19.3 Å². The van der Waals surface area contributed by atoms with Gasteiger partial charge in [0.25, 0.3) is 0 Å². The summed E-state index contributed by atoms with van der Waals surface area (Å²) in [6.07, 6.45) is 11.3. The molecule has 0 N–H and O–H groups in total. The summed E-state index contributed by atoms with van der Waals surface area (Å²) in [7, 11) is 0. The van der Waals surface area contributed by atoms with Gasteiger partial charge in [0.05, 0.1) is 5.92 Å². The number of terminal acetylenes is 1. The Morgan fingerprint density at radius 1 is 1.67 bits per heavy atom. The molecule has 0 aromatic carbocycles. The van der Waals surface area contributed by atoms with Crippen molar-refractivity contribution in [3.63, 3.8) is 0 Å². The Labute approximate surface area is 72.6 Å². The third kappa shape index (κ3) is 2.43. The van der Waals surface area contributed by atoms with Gasteiger partial charge in [-0.2, -0.15) is 0 Å². The Bertz CT molecular complexity index is 218. The van der Waals surface area contributed by atoms with Crippen LogP contribution in [0.25, 0.3) is 0 Å². The molecule has 2 heteroatoms. The van der Waals surface area contributed by atoms with Crippen molar-refractivity contribution >= 4 is 5.97 Å². The van der Waals surface area contributed by atoms with Crippen molar-refractivity contribution in [2.24, 2.45) is 5.92 Å². The van der Waals surface area contributed by atoms with Crippen molar-refractivity contribution in [3.8, 4) is 12.3 Å². The Balaban J connectivity index is 2.10. The zero-order valence-electron chi connectivity index (χ0n) is 6.95. The first-order valence-electron chi connectivity index (χ1n) is 4.12. The van der Waals surface area contributed by atoms with E-state index in [1.165, 1.54) is 6.08 Å². The average molecular weight is 164 g/mol. The van der Waals surface area contributed by atoms with E-state index < -0.39 is 0 Å². The summed E-state index contributed by atoms with van der Waals surface area (Å²) in [5.74, 6) is 2.40. The number of carbonyl (C=O) groups is 1. The highest BCUT2D eigenvalue weighted by Gasteiger charge is 2.26. The normalized spacial score (nSPS) is 16.9. The number of ether oxygens (including phenoxy) is 1. The lowest BCUT2D eigenvalue weighted by Crippen LogP contribution is -2.24. The number of hydrogen-bond acceptors (Lipinski definition) is 2. The van der Waals surface area contributed by atoms with Gasteiger partial charge in [0.2, 0.25) is 0 Å². The van der Waals surface area contributed by atoms with E-state index in [1.807, 2.05) is 0 Å². The molecule has 0 radical (unpaired) electrons. The van der Waals surface area contributed by atoms with Gasteiger partial charge in [-0.05, 0) is 25.0 Å². The van der Waals surface area contributed by atoms with Crippen molar-refractivity contribution in [1.29, 1.82) is 0 Å². The second kappa shape index (κ2) is 4.61. The molecule has 64 valence electrons. The first kappa shape index (κ1) is 8.86. The molecule has 0 saturated heterocycles. The molecule has 1 rings (SSSR count). The molecule has 0 aliphatic heterocycles. The van der Waals surface area contributed by atoms with Crippen LogP contribution in [0, 0.1) is 18.3 Å². The van der Waals surface area contributed by atoms with Gasteiger partial charge in [0.15, 0.2) is 0 Å². The van der Waals surface area contributed by atoms with Gasteiger partial charge in [-0.1, -0.05) is 12.3 Å². The van der Waals surface area contributed by atoms with Crippen molar-refractivity contribution in [3.05, 3.63) is 12.2 Å². The summed E-state index contributed by atoms with van der Waals surface area (Å²) in [6.45, 7) is 0.305.